The molecule has 0 unspecified atom stereocenters. The number of nitrogens with two attached hydrogens (primary N) is 1. The molecule has 1 amide bonds. The lowest BCUT2D eigenvalue weighted by atomic mass is 10.1. The molecule has 7 nitrogen and oxygen atoms in total. The Hall–Kier alpha value is -2.83. The first-order valence-corrected chi connectivity index (χ1v) is 9.11. The van der Waals surface area contributed by atoms with Gasteiger partial charge in [-0.2, -0.15) is 4.98 Å². The summed E-state index contributed by atoms with van der Waals surface area (Å²) in [5.74, 6) is 1.39. The van der Waals surface area contributed by atoms with Gasteiger partial charge in [0, 0.05) is 43.7 Å². The summed E-state index contributed by atoms with van der Waals surface area (Å²) in [7, 11) is 0. The first-order chi connectivity index (χ1) is 12.7. The predicted octanol–water partition coefficient (Wildman–Crippen LogP) is 2.62. The number of aromatic nitrogens is 2. The number of fused-ring (bicyclic) bond motifs is 1. The van der Waals surface area contributed by atoms with Gasteiger partial charge in [-0.15, -0.1) is 6.58 Å². The van der Waals surface area contributed by atoms with Crippen molar-refractivity contribution >= 4 is 34.3 Å². The molecule has 1 aromatic heterocycles. The second-order valence-corrected chi connectivity index (χ2v) is 6.46. The van der Waals surface area contributed by atoms with Crippen molar-refractivity contribution in [1.82, 2.24) is 14.9 Å². The smallest absolute Gasteiger partial charge is 0.225 e. The van der Waals surface area contributed by atoms with Crippen LogP contribution >= 0.6 is 0 Å². The molecule has 1 fully saturated rings. The third-order valence-electron chi connectivity index (χ3n) is 4.46. The standard InChI is InChI=1S/C19H26N6O/c1-2-9-21-18-15-13-14(20)6-7-16(15)23-19(24-18)22-10-8-17(26)25-11-4-3-5-12-25/h2,6-7,13H,1,3-5,8-12,20H2,(H2,21,22,23,24). The Morgan fingerprint density at radius 2 is 2.04 bits per heavy atom. The van der Waals surface area contributed by atoms with Crippen LogP contribution in [0.3, 0.4) is 0 Å². The average Bonchev–Trinajstić information content (AvgIpc) is 2.67. The monoisotopic (exact) mass is 354 g/mol. The fourth-order valence-corrected chi connectivity index (χ4v) is 3.11. The molecular weight excluding hydrogens is 328 g/mol. The quantitative estimate of drug-likeness (QED) is 0.522. The number of nitrogens with zero attached hydrogens (tertiary/aromatic N) is 3. The first kappa shape index (κ1) is 18.0. The maximum atomic E-state index is 12.3. The highest BCUT2D eigenvalue weighted by Gasteiger charge is 2.16. The van der Waals surface area contributed by atoms with Gasteiger partial charge in [-0.25, -0.2) is 4.98 Å². The minimum absolute atomic E-state index is 0.191. The summed E-state index contributed by atoms with van der Waals surface area (Å²) in [6, 6.07) is 5.54. The highest BCUT2D eigenvalue weighted by molar-refractivity contribution is 5.92. The van der Waals surface area contributed by atoms with Gasteiger partial charge in [0.2, 0.25) is 11.9 Å². The van der Waals surface area contributed by atoms with Crippen molar-refractivity contribution in [2.75, 3.05) is 42.5 Å². The molecule has 0 spiro atoms. The average molecular weight is 354 g/mol. The lowest BCUT2D eigenvalue weighted by Gasteiger charge is -2.26. The van der Waals surface area contributed by atoms with Crippen LogP contribution in [0.25, 0.3) is 10.9 Å². The van der Waals surface area contributed by atoms with E-state index in [1.165, 1.54) is 6.42 Å². The van der Waals surface area contributed by atoms with Gasteiger partial charge in [0.1, 0.15) is 5.82 Å². The van der Waals surface area contributed by atoms with Crippen LogP contribution in [0.5, 0.6) is 0 Å². The maximum absolute atomic E-state index is 12.3. The van der Waals surface area contributed by atoms with Crippen molar-refractivity contribution in [2.24, 2.45) is 0 Å². The van der Waals surface area contributed by atoms with Crippen LogP contribution < -0.4 is 16.4 Å². The van der Waals surface area contributed by atoms with Gasteiger partial charge in [0.05, 0.1) is 5.52 Å². The van der Waals surface area contributed by atoms with E-state index in [0.29, 0.717) is 37.0 Å². The summed E-state index contributed by atoms with van der Waals surface area (Å²) in [5.41, 5.74) is 7.34. The van der Waals surface area contributed by atoms with Gasteiger partial charge >= 0.3 is 0 Å². The first-order valence-electron chi connectivity index (χ1n) is 9.11. The third-order valence-corrected chi connectivity index (χ3v) is 4.46. The van der Waals surface area contributed by atoms with E-state index in [9.17, 15) is 4.79 Å². The Kier molecular flexibility index (Phi) is 5.88. The van der Waals surface area contributed by atoms with Gasteiger partial charge < -0.3 is 21.3 Å². The summed E-state index contributed by atoms with van der Waals surface area (Å²) in [4.78, 5) is 23.3. The lowest BCUT2D eigenvalue weighted by Crippen LogP contribution is -2.36. The Bertz CT molecular complexity index is 785. The second-order valence-electron chi connectivity index (χ2n) is 6.46. The van der Waals surface area contributed by atoms with Gasteiger partial charge in [-0.3, -0.25) is 4.79 Å². The number of carbonyl (C=O) groups excluding carboxylic acids is 1. The third kappa shape index (κ3) is 4.41. The van der Waals surface area contributed by atoms with Crippen molar-refractivity contribution in [3.05, 3.63) is 30.9 Å². The predicted molar refractivity (Wildman–Crippen MR) is 106 cm³/mol. The Morgan fingerprint density at radius 3 is 2.81 bits per heavy atom. The van der Waals surface area contributed by atoms with Crippen molar-refractivity contribution in [2.45, 2.75) is 25.7 Å². The molecule has 0 bridgehead atoms. The topological polar surface area (TPSA) is 96.2 Å². The number of piperidine rings is 1. The number of nitrogens with one attached hydrogen (secondary N) is 2. The van der Waals surface area contributed by atoms with Crippen LogP contribution in [0.2, 0.25) is 0 Å². The summed E-state index contributed by atoms with van der Waals surface area (Å²) in [6.45, 7) is 6.58. The molecular formula is C19H26N6O. The summed E-state index contributed by atoms with van der Waals surface area (Å²) < 4.78 is 0. The molecule has 3 rings (SSSR count). The Morgan fingerprint density at radius 1 is 1.23 bits per heavy atom. The zero-order valence-electron chi connectivity index (χ0n) is 15.0. The number of rotatable bonds is 7. The fraction of sp³-hybridized carbons (Fsp3) is 0.421. The Balaban J connectivity index is 1.68. The normalized spacial score (nSPS) is 14.2. The van der Waals surface area contributed by atoms with Gasteiger partial charge in [-0.1, -0.05) is 6.08 Å². The highest BCUT2D eigenvalue weighted by Crippen LogP contribution is 2.24. The largest absolute Gasteiger partial charge is 0.399 e. The molecule has 7 heteroatoms. The van der Waals surface area contributed by atoms with Crippen LogP contribution in [0.1, 0.15) is 25.7 Å². The number of anilines is 3. The van der Waals surface area contributed by atoms with E-state index in [2.05, 4.69) is 27.2 Å². The lowest BCUT2D eigenvalue weighted by molar-refractivity contribution is -0.131. The zero-order chi connectivity index (χ0) is 18.4. The molecule has 26 heavy (non-hydrogen) atoms. The van der Waals surface area contributed by atoms with E-state index in [-0.39, 0.29) is 5.91 Å². The molecule has 0 saturated carbocycles. The molecule has 1 aromatic carbocycles. The number of nitrogen functional groups attached to an aromatic ring is 1. The van der Waals surface area contributed by atoms with E-state index >= 15 is 0 Å². The summed E-state index contributed by atoms with van der Waals surface area (Å²) >= 11 is 0. The van der Waals surface area contributed by atoms with Crippen molar-refractivity contribution < 1.29 is 4.79 Å². The molecule has 1 aliphatic heterocycles. The second kappa shape index (κ2) is 8.51. The van der Waals surface area contributed by atoms with Crippen LogP contribution in [0.4, 0.5) is 17.5 Å². The summed E-state index contributed by atoms with van der Waals surface area (Å²) in [5, 5.41) is 7.25. The maximum Gasteiger partial charge on any atom is 0.225 e. The van der Waals surface area contributed by atoms with Crippen molar-refractivity contribution in [3.63, 3.8) is 0 Å². The number of carbonyl (C=O) groups is 1. The van der Waals surface area contributed by atoms with E-state index in [4.69, 9.17) is 5.73 Å². The number of benzene rings is 1. The Labute approximate surface area is 153 Å². The zero-order valence-corrected chi connectivity index (χ0v) is 15.0. The number of amides is 1. The minimum Gasteiger partial charge on any atom is -0.399 e. The highest BCUT2D eigenvalue weighted by atomic mass is 16.2. The van der Waals surface area contributed by atoms with E-state index in [0.717, 1.165) is 36.8 Å². The van der Waals surface area contributed by atoms with Crippen LogP contribution in [0, 0.1) is 0 Å². The molecule has 0 radical (unpaired) electrons. The van der Waals surface area contributed by atoms with Gasteiger partial charge in [0.15, 0.2) is 0 Å². The number of likely N-dealkylation sites (tertiary alicyclic amines) is 1. The molecule has 2 heterocycles. The molecule has 4 N–H and O–H groups in total. The van der Waals surface area contributed by atoms with Gasteiger partial charge in [0.25, 0.3) is 0 Å². The van der Waals surface area contributed by atoms with Crippen molar-refractivity contribution in [1.29, 1.82) is 0 Å². The van der Waals surface area contributed by atoms with Crippen molar-refractivity contribution in [3.8, 4) is 0 Å². The van der Waals surface area contributed by atoms with E-state index in [1.807, 2.05) is 23.1 Å². The molecule has 0 aliphatic carbocycles. The molecule has 138 valence electrons. The van der Waals surface area contributed by atoms with E-state index < -0.39 is 0 Å². The molecule has 1 aliphatic rings. The van der Waals surface area contributed by atoms with E-state index in [1.54, 1.807) is 6.08 Å². The van der Waals surface area contributed by atoms with Crippen LogP contribution in [-0.4, -0.2) is 47.0 Å². The molecule has 2 aromatic rings. The van der Waals surface area contributed by atoms with Gasteiger partial charge in [-0.05, 0) is 37.5 Å². The number of hydrogen-bond donors (Lipinski definition) is 3. The minimum atomic E-state index is 0.191. The summed E-state index contributed by atoms with van der Waals surface area (Å²) in [6.07, 6.45) is 5.64. The number of hydrogen-bond acceptors (Lipinski definition) is 6. The molecule has 0 atom stereocenters. The molecule has 1 saturated heterocycles. The van der Waals surface area contributed by atoms with Crippen LogP contribution in [-0.2, 0) is 4.79 Å². The van der Waals surface area contributed by atoms with Crippen LogP contribution in [0.15, 0.2) is 30.9 Å². The SMILES string of the molecule is C=CCNc1nc(NCCC(=O)N2CCCCC2)nc2ccc(N)cc12. The fourth-order valence-electron chi connectivity index (χ4n) is 3.11.